The van der Waals surface area contributed by atoms with Gasteiger partial charge in [0.25, 0.3) is 0 Å². The number of piperidine rings is 1. The summed E-state index contributed by atoms with van der Waals surface area (Å²) in [6.45, 7) is 6.68. The Balaban J connectivity index is 2.50. The van der Waals surface area contributed by atoms with Crippen LogP contribution in [0.2, 0.25) is 0 Å². The quantitative estimate of drug-likeness (QED) is 0.803. The third kappa shape index (κ3) is 4.82. The van der Waals surface area contributed by atoms with Crippen molar-refractivity contribution in [1.82, 2.24) is 4.90 Å². The van der Waals surface area contributed by atoms with Crippen LogP contribution in [0, 0.1) is 5.92 Å². The highest BCUT2D eigenvalue weighted by Gasteiger charge is 2.30. The molecule has 0 aromatic rings. The van der Waals surface area contributed by atoms with E-state index in [0.29, 0.717) is 19.5 Å². The van der Waals surface area contributed by atoms with Gasteiger partial charge in [0.1, 0.15) is 5.60 Å². The summed E-state index contributed by atoms with van der Waals surface area (Å²) in [5.41, 5.74) is -0.492. The number of hydrogen-bond acceptors (Lipinski definition) is 4. The third-order valence-corrected chi connectivity index (χ3v) is 3.08. The first-order chi connectivity index (χ1) is 8.33. The van der Waals surface area contributed by atoms with Crippen LogP contribution in [0.1, 0.15) is 40.0 Å². The van der Waals surface area contributed by atoms with Crippen molar-refractivity contribution in [2.24, 2.45) is 5.92 Å². The van der Waals surface area contributed by atoms with E-state index in [1.807, 2.05) is 20.8 Å². The Kier molecular flexibility index (Phi) is 5.41. The maximum Gasteiger partial charge on any atom is 0.410 e. The minimum Gasteiger partial charge on any atom is -0.444 e. The van der Waals surface area contributed by atoms with Crippen molar-refractivity contribution in [2.75, 3.05) is 19.7 Å². The molecule has 0 aliphatic carbocycles. The lowest BCUT2D eigenvalue weighted by Crippen LogP contribution is -2.45. The standard InChI is InChI=1S/C13H25NO4/c1-13(2,3)18-12(17)14-7-4-5-10(9-14)11(16)6-8-15/h10-11,15-16H,4-9H2,1-3H3/t10-,11-/m0/s1. The van der Waals surface area contributed by atoms with Crippen LogP contribution in [0.4, 0.5) is 4.79 Å². The molecule has 1 fully saturated rings. The van der Waals surface area contributed by atoms with E-state index in [4.69, 9.17) is 9.84 Å². The first-order valence-electron chi connectivity index (χ1n) is 6.60. The van der Waals surface area contributed by atoms with Gasteiger partial charge in [-0.1, -0.05) is 0 Å². The zero-order valence-electron chi connectivity index (χ0n) is 11.6. The van der Waals surface area contributed by atoms with Gasteiger partial charge in [0.2, 0.25) is 0 Å². The molecule has 0 aromatic heterocycles. The van der Waals surface area contributed by atoms with Gasteiger partial charge in [-0.3, -0.25) is 0 Å². The van der Waals surface area contributed by atoms with Crippen LogP contribution in [0.3, 0.4) is 0 Å². The van der Waals surface area contributed by atoms with Crippen LogP contribution in [0.15, 0.2) is 0 Å². The Bertz CT molecular complexity index is 275. The van der Waals surface area contributed by atoms with Crippen molar-refractivity contribution in [3.63, 3.8) is 0 Å². The van der Waals surface area contributed by atoms with Crippen molar-refractivity contribution < 1.29 is 19.7 Å². The van der Waals surface area contributed by atoms with E-state index < -0.39 is 11.7 Å². The molecule has 2 N–H and O–H groups in total. The van der Waals surface area contributed by atoms with Crippen LogP contribution < -0.4 is 0 Å². The lowest BCUT2D eigenvalue weighted by Gasteiger charge is -2.35. The molecule has 0 aromatic carbocycles. The molecule has 1 rings (SSSR count). The molecule has 1 heterocycles. The van der Waals surface area contributed by atoms with Crippen LogP contribution >= 0.6 is 0 Å². The fourth-order valence-corrected chi connectivity index (χ4v) is 2.18. The van der Waals surface area contributed by atoms with E-state index in [1.54, 1.807) is 4.90 Å². The number of nitrogens with zero attached hydrogens (tertiary/aromatic N) is 1. The number of aliphatic hydroxyl groups excluding tert-OH is 2. The second-order valence-corrected chi connectivity index (χ2v) is 5.91. The lowest BCUT2D eigenvalue weighted by molar-refractivity contribution is -0.000884. The van der Waals surface area contributed by atoms with E-state index in [0.717, 1.165) is 12.8 Å². The molecule has 2 atom stereocenters. The van der Waals surface area contributed by atoms with E-state index in [9.17, 15) is 9.90 Å². The molecule has 5 heteroatoms. The monoisotopic (exact) mass is 259 g/mol. The minimum absolute atomic E-state index is 0.0237. The van der Waals surface area contributed by atoms with Crippen LogP contribution in [-0.4, -0.2) is 52.6 Å². The predicted octanol–water partition coefficient (Wildman–Crippen LogP) is 1.38. The summed E-state index contributed by atoms with van der Waals surface area (Å²) in [7, 11) is 0. The molecule has 106 valence electrons. The summed E-state index contributed by atoms with van der Waals surface area (Å²) in [6.07, 6.45) is 1.27. The molecular formula is C13H25NO4. The van der Waals surface area contributed by atoms with Gasteiger partial charge in [0, 0.05) is 25.6 Å². The van der Waals surface area contributed by atoms with Crippen molar-refractivity contribution >= 4 is 6.09 Å². The second kappa shape index (κ2) is 6.38. The molecule has 1 saturated heterocycles. The number of carbonyl (C=O) groups is 1. The smallest absolute Gasteiger partial charge is 0.410 e. The molecule has 5 nitrogen and oxygen atoms in total. The van der Waals surface area contributed by atoms with Crippen molar-refractivity contribution in [1.29, 1.82) is 0 Å². The van der Waals surface area contributed by atoms with Gasteiger partial charge in [-0.25, -0.2) is 4.79 Å². The first kappa shape index (κ1) is 15.2. The van der Waals surface area contributed by atoms with Crippen LogP contribution in [0.25, 0.3) is 0 Å². The largest absolute Gasteiger partial charge is 0.444 e. The number of carbonyl (C=O) groups excluding carboxylic acids is 1. The fourth-order valence-electron chi connectivity index (χ4n) is 2.18. The molecule has 1 amide bonds. The van der Waals surface area contributed by atoms with E-state index in [-0.39, 0.29) is 18.6 Å². The highest BCUT2D eigenvalue weighted by molar-refractivity contribution is 5.68. The Hall–Kier alpha value is -0.810. The van der Waals surface area contributed by atoms with Crippen molar-refractivity contribution in [3.05, 3.63) is 0 Å². The van der Waals surface area contributed by atoms with Crippen molar-refractivity contribution in [2.45, 2.75) is 51.7 Å². The third-order valence-electron chi connectivity index (χ3n) is 3.08. The predicted molar refractivity (Wildman–Crippen MR) is 68.2 cm³/mol. The van der Waals surface area contributed by atoms with Gasteiger partial charge in [-0.15, -0.1) is 0 Å². The van der Waals surface area contributed by atoms with Gasteiger partial charge in [0.05, 0.1) is 6.10 Å². The maximum atomic E-state index is 11.9. The van der Waals surface area contributed by atoms with Gasteiger partial charge in [-0.2, -0.15) is 0 Å². The summed E-state index contributed by atoms with van der Waals surface area (Å²) in [5, 5.41) is 18.7. The Morgan fingerprint density at radius 1 is 1.50 bits per heavy atom. The lowest BCUT2D eigenvalue weighted by atomic mass is 9.91. The summed E-state index contributed by atoms with van der Waals surface area (Å²) in [6, 6.07) is 0. The number of ether oxygens (including phenoxy) is 1. The molecular weight excluding hydrogens is 234 g/mol. The first-order valence-corrected chi connectivity index (χ1v) is 6.60. The highest BCUT2D eigenvalue weighted by atomic mass is 16.6. The second-order valence-electron chi connectivity index (χ2n) is 5.91. The molecule has 0 spiro atoms. The normalized spacial score (nSPS) is 22.7. The van der Waals surface area contributed by atoms with Crippen LogP contribution in [0.5, 0.6) is 0 Å². The molecule has 0 radical (unpaired) electrons. The number of aliphatic hydroxyl groups is 2. The summed E-state index contributed by atoms with van der Waals surface area (Å²) >= 11 is 0. The van der Waals surface area contributed by atoms with E-state index in [1.165, 1.54) is 0 Å². The van der Waals surface area contributed by atoms with Gasteiger partial charge >= 0.3 is 6.09 Å². The van der Waals surface area contributed by atoms with Gasteiger partial charge in [0.15, 0.2) is 0 Å². The zero-order chi connectivity index (χ0) is 13.8. The zero-order valence-corrected chi connectivity index (χ0v) is 11.6. The molecule has 0 saturated carbocycles. The molecule has 1 aliphatic heterocycles. The fraction of sp³-hybridized carbons (Fsp3) is 0.923. The van der Waals surface area contributed by atoms with E-state index >= 15 is 0 Å². The summed E-state index contributed by atoms with van der Waals surface area (Å²) < 4.78 is 5.32. The van der Waals surface area contributed by atoms with Gasteiger partial charge in [-0.05, 0) is 40.0 Å². The Labute approximate surface area is 109 Å². The number of hydrogen-bond donors (Lipinski definition) is 2. The van der Waals surface area contributed by atoms with Gasteiger partial charge < -0.3 is 19.8 Å². The number of likely N-dealkylation sites (tertiary alicyclic amines) is 1. The average Bonchev–Trinajstić information content (AvgIpc) is 2.27. The van der Waals surface area contributed by atoms with Crippen LogP contribution in [-0.2, 0) is 4.74 Å². The minimum atomic E-state index is -0.541. The number of rotatable bonds is 3. The Morgan fingerprint density at radius 3 is 2.72 bits per heavy atom. The van der Waals surface area contributed by atoms with Crippen molar-refractivity contribution in [3.8, 4) is 0 Å². The molecule has 0 unspecified atom stereocenters. The highest BCUT2D eigenvalue weighted by Crippen LogP contribution is 2.23. The molecule has 18 heavy (non-hydrogen) atoms. The Morgan fingerprint density at radius 2 is 2.17 bits per heavy atom. The topological polar surface area (TPSA) is 70.0 Å². The summed E-state index contributed by atoms with van der Waals surface area (Å²) in [4.78, 5) is 13.6. The molecule has 0 bridgehead atoms. The SMILES string of the molecule is CC(C)(C)OC(=O)N1CCC[C@H]([C@@H](O)CCO)C1. The molecule has 1 aliphatic rings. The maximum absolute atomic E-state index is 11.9. The average molecular weight is 259 g/mol. The van der Waals surface area contributed by atoms with E-state index in [2.05, 4.69) is 0 Å². The number of amides is 1. The summed E-state index contributed by atoms with van der Waals surface area (Å²) in [5.74, 6) is 0.0402.